The average Bonchev–Trinajstić information content (AvgIpc) is 3.04. The van der Waals surface area contributed by atoms with Crippen LogP contribution < -0.4 is 10.6 Å². The second-order valence-electron chi connectivity index (χ2n) is 3.42. The predicted octanol–water partition coefficient (Wildman–Crippen LogP) is 1.53. The molecule has 0 radical (unpaired) electrons. The molecular formula is C10H13N5OS2. The Bertz CT molecular complexity index is 536. The lowest BCUT2D eigenvalue weighted by Gasteiger charge is -1.98. The number of carbonyl (C=O) groups excluding carboxylic acids is 1. The molecule has 2 N–H and O–H groups in total. The summed E-state index contributed by atoms with van der Waals surface area (Å²) in [6.45, 7) is 2.51. The fourth-order valence-electron chi connectivity index (χ4n) is 1.24. The molecule has 0 aliphatic carbocycles. The van der Waals surface area contributed by atoms with E-state index in [9.17, 15) is 4.79 Å². The van der Waals surface area contributed by atoms with Gasteiger partial charge in [-0.3, -0.25) is 4.79 Å². The number of nitrogens with zero attached hydrogens (tertiary/aromatic N) is 3. The zero-order valence-electron chi connectivity index (χ0n) is 10.1. The van der Waals surface area contributed by atoms with Crippen LogP contribution in [0.4, 0.5) is 5.13 Å². The average molecular weight is 283 g/mol. The summed E-state index contributed by atoms with van der Waals surface area (Å²) in [5.74, 6) is -0.220. The second-order valence-corrected chi connectivity index (χ2v) is 5.60. The Morgan fingerprint density at radius 1 is 1.39 bits per heavy atom. The van der Waals surface area contributed by atoms with Gasteiger partial charge in [0.25, 0.3) is 5.91 Å². The third-order valence-electron chi connectivity index (χ3n) is 2.18. The number of carbonyl (C=O) groups is 1. The van der Waals surface area contributed by atoms with Crippen molar-refractivity contribution in [2.24, 2.45) is 0 Å². The van der Waals surface area contributed by atoms with E-state index in [1.165, 1.54) is 16.2 Å². The number of anilines is 1. The molecule has 0 saturated carbocycles. The molecule has 0 atom stereocenters. The van der Waals surface area contributed by atoms with E-state index in [4.69, 9.17) is 0 Å². The highest BCUT2D eigenvalue weighted by Crippen LogP contribution is 2.15. The van der Waals surface area contributed by atoms with Gasteiger partial charge in [0, 0.05) is 18.1 Å². The van der Waals surface area contributed by atoms with E-state index in [0.29, 0.717) is 16.7 Å². The molecule has 0 aliphatic rings. The van der Waals surface area contributed by atoms with Gasteiger partial charge in [0.15, 0.2) is 0 Å². The van der Waals surface area contributed by atoms with Gasteiger partial charge in [-0.1, -0.05) is 18.3 Å². The molecule has 0 aliphatic heterocycles. The van der Waals surface area contributed by atoms with Crippen molar-refractivity contribution in [2.75, 3.05) is 12.4 Å². The van der Waals surface area contributed by atoms with Gasteiger partial charge in [0.1, 0.15) is 5.01 Å². The molecule has 0 bridgehead atoms. The third-order valence-corrected chi connectivity index (χ3v) is 4.26. The quantitative estimate of drug-likeness (QED) is 0.870. The summed E-state index contributed by atoms with van der Waals surface area (Å²) in [4.78, 5) is 17.2. The number of hydrogen-bond donors (Lipinski definition) is 2. The van der Waals surface area contributed by atoms with E-state index >= 15 is 0 Å². The predicted molar refractivity (Wildman–Crippen MR) is 72.1 cm³/mol. The number of nitrogens with one attached hydrogen (secondary N) is 2. The summed E-state index contributed by atoms with van der Waals surface area (Å²) < 4.78 is 0. The molecule has 2 aromatic heterocycles. The Morgan fingerprint density at radius 2 is 2.22 bits per heavy atom. The van der Waals surface area contributed by atoms with Crippen LogP contribution in [0.5, 0.6) is 0 Å². The van der Waals surface area contributed by atoms with E-state index < -0.39 is 0 Å². The molecule has 0 saturated heterocycles. The normalized spacial score (nSPS) is 10.3. The third kappa shape index (κ3) is 3.02. The molecule has 2 heterocycles. The topological polar surface area (TPSA) is 79.8 Å². The Balaban J connectivity index is 1.91. The molecular weight excluding hydrogens is 270 g/mol. The minimum Gasteiger partial charge on any atom is -0.363 e. The Hall–Kier alpha value is -1.54. The smallest absolute Gasteiger partial charge is 0.282 e. The minimum atomic E-state index is -0.220. The first-order valence-corrected chi connectivity index (χ1v) is 7.09. The van der Waals surface area contributed by atoms with Crippen LogP contribution in [0.3, 0.4) is 0 Å². The van der Waals surface area contributed by atoms with Crippen molar-refractivity contribution < 1.29 is 4.79 Å². The van der Waals surface area contributed by atoms with Crippen LogP contribution in [-0.2, 0) is 13.0 Å². The highest BCUT2D eigenvalue weighted by Gasteiger charge is 2.12. The Labute approximate surface area is 112 Å². The molecule has 0 aromatic carbocycles. The summed E-state index contributed by atoms with van der Waals surface area (Å²) in [6, 6.07) is 0. The number of rotatable bonds is 5. The number of hydrogen-bond acceptors (Lipinski definition) is 7. The van der Waals surface area contributed by atoms with Gasteiger partial charge in [0.05, 0.1) is 6.54 Å². The maximum Gasteiger partial charge on any atom is 0.282 e. The van der Waals surface area contributed by atoms with E-state index in [-0.39, 0.29) is 5.91 Å². The van der Waals surface area contributed by atoms with Crippen LogP contribution >= 0.6 is 22.7 Å². The van der Waals surface area contributed by atoms with E-state index in [1.54, 1.807) is 18.4 Å². The van der Waals surface area contributed by atoms with Crippen molar-refractivity contribution in [3.63, 3.8) is 0 Å². The number of aromatic nitrogens is 3. The van der Waals surface area contributed by atoms with Crippen molar-refractivity contribution in [1.82, 2.24) is 20.5 Å². The van der Waals surface area contributed by atoms with Crippen molar-refractivity contribution >= 4 is 33.7 Å². The van der Waals surface area contributed by atoms with E-state index in [0.717, 1.165) is 11.4 Å². The van der Waals surface area contributed by atoms with Crippen LogP contribution in [-0.4, -0.2) is 28.1 Å². The van der Waals surface area contributed by atoms with Gasteiger partial charge in [-0.15, -0.1) is 21.5 Å². The van der Waals surface area contributed by atoms with Gasteiger partial charge < -0.3 is 10.6 Å². The van der Waals surface area contributed by atoms with E-state index in [2.05, 4.69) is 32.7 Å². The van der Waals surface area contributed by atoms with Crippen LogP contribution in [0.2, 0.25) is 0 Å². The lowest BCUT2D eigenvalue weighted by Crippen LogP contribution is -2.22. The van der Waals surface area contributed by atoms with E-state index in [1.807, 2.05) is 6.20 Å². The maximum atomic E-state index is 11.8. The number of amides is 1. The van der Waals surface area contributed by atoms with Crippen molar-refractivity contribution in [3.8, 4) is 0 Å². The van der Waals surface area contributed by atoms with Crippen LogP contribution in [0, 0.1) is 0 Å². The fraction of sp³-hybridized carbons (Fsp3) is 0.400. The maximum absolute atomic E-state index is 11.8. The summed E-state index contributed by atoms with van der Waals surface area (Å²) in [5, 5.41) is 15.1. The molecule has 1 amide bonds. The molecule has 6 nitrogen and oxygen atoms in total. The van der Waals surface area contributed by atoms with Gasteiger partial charge in [-0.25, -0.2) is 4.98 Å². The van der Waals surface area contributed by atoms with Crippen LogP contribution in [0.15, 0.2) is 6.20 Å². The van der Waals surface area contributed by atoms with Gasteiger partial charge >= 0.3 is 0 Å². The van der Waals surface area contributed by atoms with Crippen LogP contribution in [0.25, 0.3) is 0 Å². The van der Waals surface area contributed by atoms with Crippen molar-refractivity contribution in [3.05, 3.63) is 21.1 Å². The first-order chi connectivity index (χ1) is 8.72. The first-order valence-electron chi connectivity index (χ1n) is 5.46. The highest BCUT2D eigenvalue weighted by molar-refractivity contribution is 7.17. The standard InChI is InChI=1S/C10H13N5OS2/c1-3-6-4-12-7(17-6)5-13-8(16)9-14-15-10(11-2)18-9/h4H,3,5H2,1-2H3,(H,11,15)(H,13,16). The minimum absolute atomic E-state index is 0.220. The summed E-state index contributed by atoms with van der Waals surface area (Å²) in [6.07, 6.45) is 2.81. The van der Waals surface area contributed by atoms with Crippen LogP contribution in [0.1, 0.15) is 26.6 Å². The molecule has 18 heavy (non-hydrogen) atoms. The summed E-state index contributed by atoms with van der Waals surface area (Å²) >= 11 is 2.83. The molecule has 8 heteroatoms. The zero-order chi connectivity index (χ0) is 13.0. The van der Waals surface area contributed by atoms with Gasteiger partial charge in [-0.2, -0.15) is 0 Å². The highest BCUT2D eigenvalue weighted by atomic mass is 32.1. The summed E-state index contributed by atoms with van der Waals surface area (Å²) in [7, 11) is 1.74. The molecule has 0 unspecified atom stereocenters. The monoisotopic (exact) mass is 283 g/mol. The van der Waals surface area contributed by atoms with Gasteiger partial charge in [-0.05, 0) is 6.42 Å². The lowest BCUT2D eigenvalue weighted by atomic mass is 10.4. The first kappa shape index (κ1) is 12.9. The Morgan fingerprint density at radius 3 is 2.83 bits per heavy atom. The number of thiazole rings is 1. The molecule has 2 rings (SSSR count). The molecule has 0 spiro atoms. The number of aryl methyl sites for hydroxylation is 1. The molecule has 0 fully saturated rings. The largest absolute Gasteiger partial charge is 0.363 e. The molecule has 2 aromatic rings. The lowest BCUT2D eigenvalue weighted by molar-refractivity contribution is 0.0950. The Kier molecular flexibility index (Phi) is 4.21. The van der Waals surface area contributed by atoms with Crippen molar-refractivity contribution in [1.29, 1.82) is 0 Å². The van der Waals surface area contributed by atoms with Crippen molar-refractivity contribution in [2.45, 2.75) is 19.9 Å². The SMILES string of the molecule is CCc1cnc(CNC(=O)c2nnc(NC)s2)s1. The zero-order valence-corrected chi connectivity index (χ0v) is 11.7. The summed E-state index contributed by atoms with van der Waals surface area (Å²) in [5.41, 5.74) is 0. The molecule has 96 valence electrons. The fourth-order valence-corrected chi connectivity index (χ4v) is 2.66. The van der Waals surface area contributed by atoms with Gasteiger partial charge in [0.2, 0.25) is 10.1 Å². The second kappa shape index (κ2) is 5.87.